The fourth-order valence-corrected chi connectivity index (χ4v) is 5.22. The Morgan fingerprint density at radius 3 is 2.58 bits per heavy atom. The molecule has 0 saturated carbocycles. The van der Waals surface area contributed by atoms with E-state index in [-0.39, 0.29) is 46.8 Å². The molecule has 0 amide bonds. The summed E-state index contributed by atoms with van der Waals surface area (Å²) in [6, 6.07) is 12.0. The zero-order valence-corrected chi connectivity index (χ0v) is 23.6. The number of carboxylic acid groups (broad SMARTS) is 1. The van der Waals surface area contributed by atoms with Crippen molar-refractivity contribution in [2.75, 3.05) is 13.7 Å². The summed E-state index contributed by atoms with van der Waals surface area (Å²) in [6.07, 6.45) is 1.28. The van der Waals surface area contributed by atoms with E-state index in [0.29, 0.717) is 34.1 Å². The first kappa shape index (κ1) is 28.5. The van der Waals surface area contributed by atoms with Crippen molar-refractivity contribution in [2.45, 2.75) is 25.7 Å². The minimum atomic E-state index is -1.47. The molecule has 0 spiro atoms. The Bertz CT molecular complexity index is 1900. The van der Waals surface area contributed by atoms with Gasteiger partial charge in [0.05, 0.1) is 33.8 Å². The lowest BCUT2D eigenvalue weighted by molar-refractivity contribution is -0.0715. The minimum absolute atomic E-state index is 0.0333. The molecule has 5 aromatic rings. The van der Waals surface area contributed by atoms with E-state index < -0.39 is 29.2 Å². The Morgan fingerprint density at radius 1 is 1.05 bits per heavy atom. The number of halogens is 4. The zero-order chi connectivity index (χ0) is 30.5. The Balaban J connectivity index is 1.38. The number of carbonyl (C=O) groups is 1. The van der Waals surface area contributed by atoms with Crippen LogP contribution in [0.4, 0.5) is 13.2 Å². The second-order valence-electron chi connectivity index (χ2n) is 10.0. The predicted octanol–water partition coefficient (Wildman–Crippen LogP) is 6.75. The van der Waals surface area contributed by atoms with E-state index in [9.17, 15) is 9.90 Å². The molecule has 1 atom stereocenters. The van der Waals surface area contributed by atoms with Gasteiger partial charge >= 0.3 is 5.97 Å². The van der Waals surface area contributed by atoms with Gasteiger partial charge in [0.25, 0.3) is 5.79 Å². The van der Waals surface area contributed by atoms with Gasteiger partial charge in [0.2, 0.25) is 0 Å². The molecular weight excluding hydrogens is 587 g/mol. The van der Waals surface area contributed by atoms with Crippen LogP contribution in [0.1, 0.15) is 34.4 Å². The van der Waals surface area contributed by atoms with E-state index in [2.05, 4.69) is 9.97 Å². The molecule has 12 heteroatoms. The molecule has 1 unspecified atom stereocenters. The first-order valence-corrected chi connectivity index (χ1v) is 13.5. The molecule has 43 heavy (non-hydrogen) atoms. The van der Waals surface area contributed by atoms with Crippen LogP contribution in [0.5, 0.6) is 11.5 Å². The molecule has 1 aliphatic heterocycles. The van der Waals surface area contributed by atoms with Crippen LogP contribution in [-0.4, -0.2) is 39.3 Å². The lowest BCUT2D eigenvalue weighted by Crippen LogP contribution is -2.32. The molecule has 0 aliphatic carbocycles. The summed E-state index contributed by atoms with van der Waals surface area (Å²) in [5.74, 6) is -4.69. The van der Waals surface area contributed by atoms with Crippen LogP contribution in [0, 0.1) is 17.5 Å². The second-order valence-corrected chi connectivity index (χ2v) is 10.5. The fraction of sp³-hybridized carbons (Fsp3) is 0.194. The van der Waals surface area contributed by atoms with Crippen LogP contribution in [-0.2, 0) is 23.5 Å². The summed E-state index contributed by atoms with van der Waals surface area (Å²) in [4.78, 5) is 20.3. The highest BCUT2D eigenvalue weighted by Gasteiger charge is 2.42. The highest BCUT2D eigenvalue weighted by molar-refractivity contribution is 6.30. The van der Waals surface area contributed by atoms with Gasteiger partial charge in [-0.2, -0.15) is 0 Å². The SMILES string of the molecule is COCCn1c(Cc2cc(F)c(-c3c(F)ccc4c3OC(C)(c3ccc(Cl)cn3)O4)cc2F)nc2ccc(C(=O)O)cc21. The third-order valence-corrected chi connectivity index (χ3v) is 7.44. The first-order chi connectivity index (χ1) is 20.6. The van der Waals surface area contributed by atoms with Crippen molar-refractivity contribution in [2.24, 2.45) is 0 Å². The maximum atomic E-state index is 15.7. The predicted molar refractivity (Wildman–Crippen MR) is 151 cm³/mol. The molecular formula is C31H23ClF3N3O5. The van der Waals surface area contributed by atoms with Gasteiger partial charge in [0, 0.05) is 38.8 Å². The lowest BCUT2D eigenvalue weighted by atomic mass is 9.99. The molecule has 0 bridgehead atoms. The molecule has 0 saturated heterocycles. The molecule has 8 nitrogen and oxygen atoms in total. The maximum absolute atomic E-state index is 15.7. The van der Waals surface area contributed by atoms with Crippen LogP contribution in [0.15, 0.2) is 60.8 Å². The number of imidazole rings is 1. The summed E-state index contributed by atoms with van der Waals surface area (Å²) < 4.78 is 65.4. The van der Waals surface area contributed by atoms with Crippen LogP contribution in [0.2, 0.25) is 5.02 Å². The van der Waals surface area contributed by atoms with Gasteiger partial charge in [-0.15, -0.1) is 0 Å². The normalized spacial score (nSPS) is 15.8. The first-order valence-electron chi connectivity index (χ1n) is 13.1. The number of rotatable bonds is 8. The number of hydrogen-bond acceptors (Lipinski definition) is 6. The van der Waals surface area contributed by atoms with E-state index in [0.717, 1.165) is 18.2 Å². The number of ether oxygens (including phenoxy) is 3. The molecule has 2 aromatic heterocycles. The van der Waals surface area contributed by atoms with Crippen molar-refractivity contribution >= 4 is 28.6 Å². The number of nitrogens with zero attached hydrogens (tertiary/aromatic N) is 3. The topological polar surface area (TPSA) is 95.7 Å². The van der Waals surface area contributed by atoms with Crippen molar-refractivity contribution < 1.29 is 37.3 Å². The second kappa shape index (κ2) is 10.9. The monoisotopic (exact) mass is 609 g/mol. The number of pyridine rings is 1. The number of carboxylic acids is 1. The van der Waals surface area contributed by atoms with Crippen molar-refractivity contribution in [3.8, 4) is 22.6 Å². The molecule has 0 fully saturated rings. The average molecular weight is 610 g/mol. The Labute approximate surface area is 248 Å². The van der Waals surface area contributed by atoms with Crippen LogP contribution >= 0.6 is 11.6 Å². The lowest BCUT2D eigenvalue weighted by Gasteiger charge is -2.22. The Kier molecular flexibility index (Phi) is 7.23. The van der Waals surface area contributed by atoms with E-state index >= 15 is 13.2 Å². The maximum Gasteiger partial charge on any atom is 0.335 e. The molecule has 6 rings (SSSR count). The molecule has 1 N–H and O–H groups in total. The standard InChI is InChI=1S/C31H23ClF3N3O5/c1-31(26-8-4-18(32)15-36-26)42-25-7-5-20(33)28(29(25)43-31)19-14-21(34)17(11-22(19)35)13-27-37-23-6-3-16(30(39)40)12-24(23)38(27)9-10-41-2/h3-8,11-12,14-15H,9-10,13H2,1-2H3,(H,39,40). The Hall–Kier alpha value is -4.61. The summed E-state index contributed by atoms with van der Waals surface area (Å²) in [5.41, 5.74) is 0.721. The molecule has 0 radical (unpaired) electrons. The van der Waals surface area contributed by atoms with Gasteiger partial charge in [-0.25, -0.2) is 22.9 Å². The Morgan fingerprint density at radius 2 is 1.86 bits per heavy atom. The van der Waals surface area contributed by atoms with Gasteiger partial charge in [-0.1, -0.05) is 11.6 Å². The third-order valence-electron chi connectivity index (χ3n) is 7.21. The summed E-state index contributed by atoms with van der Waals surface area (Å²) >= 11 is 5.94. The van der Waals surface area contributed by atoms with Crippen LogP contribution < -0.4 is 9.47 Å². The molecule has 220 valence electrons. The summed E-state index contributed by atoms with van der Waals surface area (Å²) in [7, 11) is 1.51. The fourth-order valence-electron chi connectivity index (χ4n) is 5.10. The molecule has 1 aliphatic rings. The van der Waals surface area contributed by atoms with Gasteiger partial charge in [-0.05, 0) is 60.2 Å². The number of methoxy groups -OCH3 is 1. The highest BCUT2D eigenvalue weighted by atomic mass is 35.5. The summed E-state index contributed by atoms with van der Waals surface area (Å²) in [5, 5.41) is 9.81. The van der Waals surface area contributed by atoms with Crippen LogP contribution in [0.25, 0.3) is 22.2 Å². The molecule has 3 aromatic carbocycles. The number of hydrogen-bond donors (Lipinski definition) is 1. The van der Waals surface area contributed by atoms with Crippen molar-refractivity contribution in [1.82, 2.24) is 14.5 Å². The van der Waals surface area contributed by atoms with Gasteiger partial charge < -0.3 is 23.9 Å². The number of aromatic nitrogens is 3. The van der Waals surface area contributed by atoms with Gasteiger partial charge in [0.1, 0.15) is 29.0 Å². The third kappa shape index (κ3) is 5.15. The van der Waals surface area contributed by atoms with Gasteiger partial charge in [0.15, 0.2) is 11.5 Å². The minimum Gasteiger partial charge on any atom is -0.478 e. The summed E-state index contributed by atoms with van der Waals surface area (Å²) in [6.45, 7) is 2.14. The highest BCUT2D eigenvalue weighted by Crippen LogP contribution is 2.50. The van der Waals surface area contributed by atoms with Gasteiger partial charge in [-0.3, -0.25) is 4.98 Å². The smallest absolute Gasteiger partial charge is 0.335 e. The van der Waals surface area contributed by atoms with E-state index in [4.69, 9.17) is 25.8 Å². The number of fused-ring (bicyclic) bond motifs is 2. The van der Waals surface area contributed by atoms with Crippen molar-refractivity contribution in [3.63, 3.8) is 0 Å². The average Bonchev–Trinajstić information content (AvgIpc) is 3.50. The number of benzene rings is 3. The van der Waals surface area contributed by atoms with Crippen LogP contribution in [0.3, 0.4) is 0 Å². The number of aromatic carboxylic acids is 1. The van der Waals surface area contributed by atoms with E-state index in [1.807, 2.05) is 0 Å². The van der Waals surface area contributed by atoms with Crippen molar-refractivity contribution in [3.05, 3.63) is 106 Å². The van der Waals surface area contributed by atoms with E-state index in [1.54, 1.807) is 29.7 Å². The molecule has 3 heterocycles. The quantitative estimate of drug-likeness (QED) is 0.208. The zero-order valence-electron chi connectivity index (χ0n) is 22.8. The largest absolute Gasteiger partial charge is 0.478 e. The van der Waals surface area contributed by atoms with Crippen molar-refractivity contribution in [1.29, 1.82) is 0 Å². The van der Waals surface area contributed by atoms with E-state index in [1.165, 1.54) is 31.5 Å².